The highest BCUT2D eigenvalue weighted by molar-refractivity contribution is 6.44. The molecule has 2 atom stereocenters. The first-order chi connectivity index (χ1) is 8.81. The second-order valence-electron chi connectivity index (χ2n) is 4.19. The first-order valence-electron chi connectivity index (χ1n) is 5.43. The first-order valence-corrected chi connectivity index (χ1v) is 6.57. The number of terminal acetylenes is 1. The summed E-state index contributed by atoms with van der Waals surface area (Å²) < 4.78 is 10.7. The van der Waals surface area contributed by atoms with Crippen LogP contribution < -0.4 is 0 Å². The zero-order valence-corrected chi connectivity index (χ0v) is 12.9. The maximum absolute atomic E-state index is 10.8. The molecule has 3 nitrogen and oxygen atoms in total. The third kappa shape index (κ3) is 1.94. The lowest BCUT2D eigenvalue weighted by molar-refractivity contribution is -0.213. The summed E-state index contributed by atoms with van der Waals surface area (Å²) in [4.78, 5) is -1.51. The number of aliphatic hydroxyl groups is 1. The molecule has 0 fully saturated rings. The van der Waals surface area contributed by atoms with Crippen LogP contribution in [0.5, 0.6) is 0 Å². The first kappa shape index (κ1) is 16.8. The van der Waals surface area contributed by atoms with Crippen LogP contribution in [0.15, 0.2) is 22.7 Å². The van der Waals surface area contributed by atoms with Gasteiger partial charge in [0.05, 0.1) is 10.1 Å². The molecule has 1 N–H and O–H groups in total. The third-order valence-electron chi connectivity index (χ3n) is 3.38. The maximum atomic E-state index is 10.8. The van der Waals surface area contributed by atoms with E-state index < -0.39 is 16.3 Å². The van der Waals surface area contributed by atoms with Crippen molar-refractivity contribution in [3.8, 4) is 12.3 Å². The van der Waals surface area contributed by atoms with Gasteiger partial charge in [-0.2, -0.15) is 0 Å². The molecular weight excluding hydrogens is 310 g/mol. The molecule has 0 radical (unpaired) electrons. The number of hydrogen-bond donors (Lipinski definition) is 1. The molecule has 0 saturated carbocycles. The van der Waals surface area contributed by atoms with Crippen LogP contribution in [0, 0.1) is 12.3 Å². The van der Waals surface area contributed by atoms with Crippen molar-refractivity contribution in [2.75, 3.05) is 14.2 Å². The van der Waals surface area contributed by atoms with Crippen LogP contribution in [0.2, 0.25) is 0 Å². The smallest absolute Gasteiger partial charge is 0.230 e. The van der Waals surface area contributed by atoms with E-state index in [-0.39, 0.29) is 22.9 Å². The summed E-state index contributed by atoms with van der Waals surface area (Å²) in [7, 11) is 2.72. The van der Waals surface area contributed by atoms with E-state index in [1.54, 1.807) is 0 Å². The van der Waals surface area contributed by atoms with Crippen molar-refractivity contribution in [1.29, 1.82) is 0 Å². The van der Waals surface area contributed by atoms with E-state index in [4.69, 9.17) is 50.7 Å². The van der Waals surface area contributed by atoms with Gasteiger partial charge in [-0.05, 0) is 6.42 Å². The summed E-state index contributed by atoms with van der Waals surface area (Å²) in [5.41, 5.74) is -1.76. The largest absolute Gasteiger partial charge is 0.381 e. The monoisotopic (exact) mass is 324 g/mol. The van der Waals surface area contributed by atoms with Crippen LogP contribution in [0.1, 0.15) is 12.8 Å². The lowest BCUT2D eigenvalue weighted by Gasteiger charge is -2.45. The molecule has 1 rings (SSSR count). The minimum absolute atomic E-state index is 0.0197. The fraction of sp³-hybridized carbons (Fsp3) is 0.538. The van der Waals surface area contributed by atoms with Gasteiger partial charge in [0, 0.05) is 20.6 Å². The van der Waals surface area contributed by atoms with Crippen molar-refractivity contribution in [3.05, 3.63) is 22.7 Å². The minimum atomic E-state index is -1.76. The lowest BCUT2D eigenvalue weighted by Crippen LogP contribution is -2.61. The molecule has 1 aliphatic rings. The van der Waals surface area contributed by atoms with Crippen molar-refractivity contribution in [2.45, 2.75) is 29.1 Å². The van der Waals surface area contributed by atoms with Crippen molar-refractivity contribution >= 4 is 34.8 Å². The Kier molecular flexibility index (Phi) is 5.01. The van der Waals surface area contributed by atoms with Crippen LogP contribution in [0.4, 0.5) is 0 Å². The lowest BCUT2D eigenvalue weighted by atomic mass is 9.81. The van der Waals surface area contributed by atoms with Gasteiger partial charge in [0.1, 0.15) is 10.5 Å². The van der Waals surface area contributed by atoms with E-state index in [9.17, 15) is 5.11 Å². The molecular formula is C13H15Cl3O3. The summed E-state index contributed by atoms with van der Waals surface area (Å²) >= 11 is 18.9. The standard InChI is InChI=1S/C13H15Cl3O3/c1-5-7-11(17)9(14)10(15)13(18-3,19-4)12(11,16)8-6-2/h1,6,17H,2,7-8H2,3-4H3/t11-,12+/m0/s1. The Hall–Kier alpha value is -0.210. The topological polar surface area (TPSA) is 38.7 Å². The third-order valence-corrected chi connectivity index (χ3v) is 5.13. The molecule has 0 spiro atoms. The number of methoxy groups -OCH3 is 2. The second kappa shape index (κ2) is 5.65. The van der Waals surface area contributed by atoms with E-state index in [2.05, 4.69) is 12.5 Å². The second-order valence-corrected chi connectivity index (χ2v) is 5.59. The average molecular weight is 326 g/mol. The van der Waals surface area contributed by atoms with Crippen LogP contribution in [-0.4, -0.2) is 35.6 Å². The van der Waals surface area contributed by atoms with E-state index in [0.29, 0.717) is 0 Å². The van der Waals surface area contributed by atoms with Gasteiger partial charge in [-0.25, -0.2) is 0 Å². The van der Waals surface area contributed by atoms with Gasteiger partial charge >= 0.3 is 0 Å². The minimum Gasteiger partial charge on any atom is -0.381 e. The molecule has 0 heterocycles. The quantitative estimate of drug-likeness (QED) is 0.365. The van der Waals surface area contributed by atoms with Gasteiger partial charge in [-0.1, -0.05) is 29.3 Å². The number of ether oxygens (including phenoxy) is 2. The Morgan fingerprint density at radius 2 is 1.89 bits per heavy atom. The summed E-state index contributed by atoms with van der Waals surface area (Å²) in [6.07, 6.45) is 6.80. The zero-order valence-electron chi connectivity index (χ0n) is 10.7. The van der Waals surface area contributed by atoms with E-state index in [1.807, 2.05) is 0 Å². The van der Waals surface area contributed by atoms with Crippen molar-refractivity contribution < 1.29 is 14.6 Å². The van der Waals surface area contributed by atoms with Gasteiger partial charge in [0.15, 0.2) is 0 Å². The molecule has 0 saturated heterocycles. The summed E-state index contributed by atoms with van der Waals surface area (Å²) in [5.74, 6) is 0.753. The fourth-order valence-corrected chi connectivity index (χ4v) is 3.84. The SMILES string of the molecule is C#CC[C@]1(O)C(Cl)=C(Cl)C(OC)(OC)[C@@]1(Cl)CC=C. The van der Waals surface area contributed by atoms with Crippen LogP contribution in [-0.2, 0) is 9.47 Å². The predicted molar refractivity (Wildman–Crippen MR) is 77.3 cm³/mol. The molecule has 19 heavy (non-hydrogen) atoms. The van der Waals surface area contributed by atoms with Gasteiger partial charge in [-0.15, -0.1) is 30.5 Å². The number of halogens is 3. The molecule has 0 unspecified atom stereocenters. The van der Waals surface area contributed by atoms with Crippen LogP contribution in [0.25, 0.3) is 0 Å². The van der Waals surface area contributed by atoms with E-state index >= 15 is 0 Å². The Bertz CT molecular complexity index is 451. The Labute approximate surface area is 128 Å². The predicted octanol–water partition coefficient (Wildman–Crippen LogP) is 2.99. The molecule has 0 aromatic rings. The molecule has 0 aromatic heterocycles. The summed E-state index contributed by atoms with van der Waals surface area (Å²) in [6, 6.07) is 0. The fourth-order valence-electron chi connectivity index (χ4n) is 2.40. The zero-order chi connectivity index (χ0) is 14.9. The normalized spacial score (nSPS) is 33.3. The summed E-state index contributed by atoms with van der Waals surface area (Å²) in [6.45, 7) is 3.62. The van der Waals surface area contributed by atoms with Gasteiger partial charge in [-0.3, -0.25) is 0 Å². The molecule has 6 heteroatoms. The van der Waals surface area contributed by atoms with Crippen molar-refractivity contribution in [2.24, 2.45) is 0 Å². The Morgan fingerprint density at radius 3 is 2.26 bits per heavy atom. The van der Waals surface area contributed by atoms with Crippen molar-refractivity contribution in [3.63, 3.8) is 0 Å². The molecule has 106 valence electrons. The summed E-state index contributed by atoms with van der Waals surface area (Å²) in [5, 5.41) is 10.7. The Morgan fingerprint density at radius 1 is 1.37 bits per heavy atom. The number of hydrogen-bond acceptors (Lipinski definition) is 3. The molecule has 1 aliphatic carbocycles. The molecule has 0 amide bonds. The number of rotatable bonds is 5. The molecule has 0 aliphatic heterocycles. The van der Waals surface area contributed by atoms with Crippen molar-refractivity contribution in [1.82, 2.24) is 0 Å². The molecule has 0 bridgehead atoms. The van der Waals surface area contributed by atoms with Crippen LogP contribution >= 0.6 is 34.8 Å². The highest BCUT2D eigenvalue weighted by atomic mass is 35.5. The van der Waals surface area contributed by atoms with Gasteiger partial charge < -0.3 is 14.6 Å². The van der Waals surface area contributed by atoms with E-state index in [1.165, 1.54) is 20.3 Å². The highest BCUT2D eigenvalue weighted by Crippen LogP contribution is 2.61. The van der Waals surface area contributed by atoms with Gasteiger partial charge in [0.25, 0.3) is 0 Å². The Balaban J connectivity index is 3.60. The van der Waals surface area contributed by atoms with Crippen LogP contribution in [0.3, 0.4) is 0 Å². The number of alkyl halides is 1. The maximum Gasteiger partial charge on any atom is 0.230 e. The average Bonchev–Trinajstić information content (AvgIpc) is 2.50. The molecule has 0 aromatic carbocycles. The van der Waals surface area contributed by atoms with E-state index in [0.717, 1.165) is 0 Å². The number of allylic oxidation sites excluding steroid dienone is 1. The highest BCUT2D eigenvalue weighted by Gasteiger charge is 2.71. The van der Waals surface area contributed by atoms with Gasteiger partial charge in [0.2, 0.25) is 5.79 Å².